The molecular weight excluding hydrogens is 406 g/mol. The van der Waals surface area contributed by atoms with E-state index in [-0.39, 0.29) is 17.9 Å². The summed E-state index contributed by atoms with van der Waals surface area (Å²) in [6.45, 7) is 1.39. The van der Waals surface area contributed by atoms with Crippen LogP contribution in [0.5, 0.6) is 0 Å². The molecule has 0 aliphatic carbocycles. The van der Waals surface area contributed by atoms with Gasteiger partial charge in [-0.15, -0.1) is 0 Å². The molecule has 2 aromatic carbocycles. The van der Waals surface area contributed by atoms with Crippen LogP contribution in [0.25, 0.3) is 33.6 Å². The summed E-state index contributed by atoms with van der Waals surface area (Å²) in [5, 5.41) is 2.46. The first-order chi connectivity index (χ1) is 15.6. The third kappa shape index (κ3) is 3.03. The summed E-state index contributed by atoms with van der Waals surface area (Å²) in [5.74, 6) is -0.374. The van der Waals surface area contributed by atoms with Gasteiger partial charge in [-0.3, -0.25) is 19.8 Å². The number of benzene rings is 2. The Bertz CT molecular complexity index is 1390. The van der Waals surface area contributed by atoms with Crippen LogP contribution in [0.4, 0.5) is 0 Å². The number of carbonyl (C=O) groups excluding carboxylic acids is 2. The van der Waals surface area contributed by atoms with Crippen LogP contribution in [0, 0.1) is 0 Å². The van der Waals surface area contributed by atoms with Gasteiger partial charge in [-0.25, -0.2) is 9.97 Å². The quantitative estimate of drug-likeness (QED) is 0.505. The Hall–Kier alpha value is -3.78. The molecule has 8 nitrogen and oxygen atoms in total. The predicted molar refractivity (Wildman–Crippen MR) is 117 cm³/mol. The van der Waals surface area contributed by atoms with E-state index < -0.39 is 0 Å². The summed E-state index contributed by atoms with van der Waals surface area (Å²) < 4.78 is 7.50. The fourth-order valence-electron chi connectivity index (χ4n) is 4.80. The minimum atomic E-state index is -0.261. The highest BCUT2D eigenvalue weighted by atomic mass is 16.3. The van der Waals surface area contributed by atoms with Gasteiger partial charge in [0.15, 0.2) is 12.0 Å². The van der Waals surface area contributed by atoms with Crippen LogP contribution >= 0.6 is 0 Å². The van der Waals surface area contributed by atoms with Crippen molar-refractivity contribution in [3.05, 3.63) is 60.2 Å². The van der Waals surface area contributed by atoms with Crippen molar-refractivity contribution in [3.8, 4) is 22.5 Å². The molecule has 2 aromatic heterocycles. The van der Waals surface area contributed by atoms with Gasteiger partial charge in [0, 0.05) is 37.7 Å². The van der Waals surface area contributed by atoms with E-state index in [1.807, 2.05) is 36.1 Å². The molecule has 1 N–H and O–H groups in total. The lowest BCUT2D eigenvalue weighted by Gasteiger charge is -2.29. The number of imide groups is 1. The van der Waals surface area contributed by atoms with Crippen molar-refractivity contribution in [2.75, 3.05) is 0 Å². The van der Waals surface area contributed by atoms with Crippen LogP contribution in [0.1, 0.15) is 24.0 Å². The van der Waals surface area contributed by atoms with Crippen LogP contribution in [0.15, 0.2) is 53.5 Å². The van der Waals surface area contributed by atoms with E-state index in [0.29, 0.717) is 25.9 Å². The first-order valence-electron chi connectivity index (χ1n) is 10.6. The Balaban J connectivity index is 1.33. The van der Waals surface area contributed by atoms with Gasteiger partial charge in [-0.1, -0.05) is 18.2 Å². The second kappa shape index (κ2) is 7.13. The molecule has 4 aromatic rings. The average Bonchev–Trinajstić information content (AvgIpc) is 3.50. The highest BCUT2D eigenvalue weighted by Crippen LogP contribution is 2.35. The Morgan fingerprint density at radius 3 is 2.75 bits per heavy atom. The maximum absolute atomic E-state index is 12.3. The molecule has 0 bridgehead atoms. The molecule has 1 saturated heterocycles. The van der Waals surface area contributed by atoms with Gasteiger partial charge in [-0.2, -0.15) is 0 Å². The van der Waals surface area contributed by atoms with Gasteiger partial charge in [-0.05, 0) is 35.7 Å². The fourth-order valence-corrected chi connectivity index (χ4v) is 4.80. The maximum atomic E-state index is 12.3. The van der Waals surface area contributed by atoms with Crippen LogP contribution in [-0.2, 0) is 29.7 Å². The van der Waals surface area contributed by atoms with Gasteiger partial charge in [0.25, 0.3) is 0 Å². The largest absolute Gasteiger partial charge is 0.443 e. The molecule has 2 aliphatic rings. The number of aryl methyl sites for hydroxylation is 1. The van der Waals surface area contributed by atoms with E-state index >= 15 is 0 Å². The zero-order chi connectivity index (χ0) is 21.8. The standard InChI is InChI=1S/C24H21N5O3/c1-28-12-25-22(23(28)15-4-5-18-20(9-15)32-13-26-18)14-2-3-16-10-29(11-17(16)8-14)19-6-7-21(30)27-24(19)31/h2-5,8-9,12-13,19H,6-7,10-11H2,1H3,(H,27,30,31)/t19-/m0/s1. The van der Waals surface area contributed by atoms with Crippen molar-refractivity contribution in [1.82, 2.24) is 24.8 Å². The Labute approximate surface area is 183 Å². The topological polar surface area (TPSA) is 93.3 Å². The van der Waals surface area contributed by atoms with Crippen molar-refractivity contribution in [3.63, 3.8) is 0 Å². The van der Waals surface area contributed by atoms with E-state index in [0.717, 1.165) is 33.6 Å². The molecule has 2 amide bonds. The number of hydrogen-bond donors (Lipinski definition) is 1. The van der Waals surface area contributed by atoms with Gasteiger partial charge < -0.3 is 8.98 Å². The van der Waals surface area contributed by atoms with Crippen molar-refractivity contribution in [2.45, 2.75) is 32.0 Å². The summed E-state index contributed by atoms with van der Waals surface area (Å²) in [7, 11) is 1.98. The maximum Gasteiger partial charge on any atom is 0.243 e. The van der Waals surface area contributed by atoms with E-state index in [9.17, 15) is 9.59 Å². The number of fused-ring (bicyclic) bond motifs is 2. The smallest absolute Gasteiger partial charge is 0.243 e. The van der Waals surface area contributed by atoms with Crippen molar-refractivity contribution in [2.24, 2.45) is 7.05 Å². The molecule has 1 fully saturated rings. The lowest BCUT2D eigenvalue weighted by molar-refractivity contribution is -0.137. The molecule has 32 heavy (non-hydrogen) atoms. The van der Waals surface area contributed by atoms with E-state index in [2.05, 4.69) is 38.4 Å². The number of aromatic nitrogens is 3. The van der Waals surface area contributed by atoms with Gasteiger partial charge in [0.05, 0.1) is 23.8 Å². The lowest BCUT2D eigenvalue weighted by atomic mass is 10.0. The predicted octanol–water partition coefficient (Wildman–Crippen LogP) is 3.02. The van der Waals surface area contributed by atoms with Crippen molar-refractivity contribution < 1.29 is 14.0 Å². The van der Waals surface area contributed by atoms with Gasteiger partial charge >= 0.3 is 0 Å². The van der Waals surface area contributed by atoms with Crippen LogP contribution in [0.3, 0.4) is 0 Å². The Kier molecular flexibility index (Phi) is 4.22. The van der Waals surface area contributed by atoms with Crippen molar-refractivity contribution >= 4 is 22.9 Å². The van der Waals surface area contributed by atoms with Crippen LogP contribution in [0.2, 0.25) is 0 Å². The summed E-state index contributed by atoms with van der Waals surface area (Å²) in [4.78, 5) is 34.8. The summed E-state index contributed by atoms with van der Waals surface area (Å²) in [6.07, 6.45) is 4.23. The first kappa shape index (κ1) is 18.9. The molecule has 1 atom stereocenters. The third-order valence-electron chi connectivity index (χ3n) is 6.42. The number of carbonyl (C=O) groups is 2. The second-order valence-corrected chi connectivity index (χ2v) is 8.44. The first-order valence-corrected chi connectivity index (χ1v) is 10.6. The molecule has 160 valence electrons. The number of imidazole rings is 1. The number of nitrogens with zero attached hydrogens (tertiary/aromatic N) is 4. The molecule has 8 heteroatoms. The lowest BCUT2D eigenvalue weighted by Crippen LogP contribution is -2.50. The minimum absolute atomic E-state index is 0.184. The number of oxazole rings is 1. The zero-order valence-corrected chi connectivity index (χ0v) is 17.5. The van der Waals surface area contributed by atoms with E-state index in [1.165, 1.54) is 17.5 Å². The zero-order valence-electron chi connectivity index (χ0n) is 17.5. The highest BCUT2D eigenvalue weighted by Gasteiger charge is 2.34. The summed E-state index contributed by atoms with van der Waals surface area (Å²) >= 11 is 0. The number of rotatable bonds is 3. The molecule has 0 spiro atoms. The third-order valence-corrected chi connectivity index (χ3v) is 6.42. The van der Waals surface area contributed by atoms with E-state index in [4.69, 9.17) is 4.42 Å². The highest BCUT2D eigenvalue weighted by molar-refractivity contribution is 6.00. The monoisotopic (exact) mass is 427 g/mol. The van der Waals surface area contributed by atoms with Crippen LogP contribution < -0.4 is 5.32 Å². The van der Waals surface area contributed by atoms with Crippen LogP contribution in [-0.4, -0.2) is 37.3 Å². The SMILES string of the molecule is Cn1cnc(-c2ccc3c(c2)CN([C@H]2CCC(=O)NC2=O)C3)c1-c1ccc2ncoc2c1. The van der Waals surface area contributed by atoms with E-state index in [1.54, 1.807) is 0 Å². The Morgan fingerprint density at radius 2 is 1.88 bits per heavy atom. The van der Waals surface area contributed by atoms with Crippen molar-refractivity contribution in [1.29, 1.82) is 0 Å². The number of piperidine rings is 1. The van der Waals surface area contributed by atoms with Gasteiger partial charge in [0.2, 0.25) is 11.8 Å². The number of hydrogen-bond acceptors (Lipinski definition) is 6. The summed E-state index contributed by atoms with van der Waals surface area (Å²) in [5.41, 5.74) is 7.90. The molecule has 4 heterocycles. The summed E-state index contributed by atoms with van der Waals surface area (Å²) in [6, 6.07) is 12.1. The molecule has 0 saturated carbocycles. The molecule has 6 rings (SSSR count). The Morgan fingerprint density at radius 1 is 1.03 bits per heavy atom. The average molecular weight is 427 g/mol. The normalized spacial score (nSPS) is 18.8. The fraction of sp³-hybridized carbons (Fsp3) is 0.250. The van der Waals surface area contributed by atoms with Gasteiger partial charge in [0.1, 0.15) is 5.52 Å². The molecular formula is C24H21N5O3. The number of nitrogens with one attached hydrogen (secondary N) is 1. The number of amides is 2. The minimum Gasteiger partial charge on any atom is -0.443 e. The molecule has 2 aliphatic heterocycles. The molecule has 0 radical (unpaired) electrons. The second-order valence-electron chi connectivity index (χ2n) is 8.44. The molecule has 0 unspecified atom stereocenters.